The van der Waals surface area contributed by atoms with E-state index in [4.69, 9.17) is 10.8 Å². The fraction of sp³-hybridized carbons (Fsp3) is 0.462. The van der Waals surface area contributed by atoms with Crippen molar-refractivity contribution in [3.8, 4) is 5.75 Å². The lowest BCUT2D eigenvalue weighted by Crippen LogP contribution is -2.17. The summed E-state index contributed by atoms with van der Waals surface area (Å²) in [5, 5.41) is 18.4. The number of benzene rings is 1. The van der Waals surface area contributed by atoms with Crippen LogP contribution in [0.1, 0.15) is 24.8 Å². The van der Waals surface area contributed by atoms with Crippen LogP contribution in [-0.4, -0.2) is 22.7 Å². The zero-order valence-electron chi connectivity index (χ0n) is 9.80. The van der Waals surface area contributed by atoms with Crippen molar-refractivity contribution in [3.63, 3.8) is 0 Å². The van der Waals surface area contributed by atoms with E-state index in [1.54, 1.807) is 18.2 Å². The summed E-state index contributed by atoms with van der Waals surface area (Å²) in [5.41, 5.74) is 6.23. The Kier molecular flexibility index (Phi) is 5.49. The summed E-state index contributed by atoms with van der Waals surface area (Å²) in [6.07, 6.45) is 2.76. The van der Waals surface area contributed by atoms with E-state index in [-0.39, 0.29) is 5.75 Å². The minimum atomic E-state index is -0.787. The molecule has 17 heavy (non-hydrogen) atoms. The average Bonchev–Trinajstić information content (AvgIpc) is 2.28. The second-order valence-corrected chi connectivity index (χ2v) is 4.19. The molecular weight excluding hydrogens is 218 g/mol. The van der Waals surface area contributed by atoms with Crippen LogP contribution in [-0.2, 0) is 11.2 Å². The third-order valence-corrected chi connectivity index (χ3v) is 2.75. The Bertz CT molecular complexity index is 365. The lowest BCUT2D eigenvalue weighted by Gasteiger charge is -2.12. The molecule has 0 aliphatic carbocycles. The summed E-state index contributed by atoms with van der Waals surface area (Å²) >= 11 is 0. The Morgan fingerprint density at radius 1 is 1.35 bits per heavy atom. The van der Waals surface area contributed by atoms with Crippen LogP contribution in [0.5, 0.6) is 5.75 Å². The quantitative estimate of drug-likeness (QED) is 0.631. The Balaban J connectivity index is 2.57. The van der Waals surface area contributed by atoms with E-state index in [9.17, 15) is 9.90 Å². The van der Waals surface area contributed by atoms with Crippen LogP contribution in [0.3, 0.4) is 0 Å². The van der Waals surface area contributed by atoms with Gasteiger partial charge < -0.3 is 15.9 Å². The van der Waals surface area contributed by atoms with E-state index in [2.05, 4.69) is 0 Å². The average molecular weight is 237 g/mol. The largest absolute Gasteiger partial charge is 0.508 e. The molecule has 4 nitrogen and oxygen atoms in total. The van der Waals surface area contributed by atoms with Crippen LogP contribution in [0.4, 0.5) is 0 Å². The molecule has 0 radical (unpaired) electrons. The SMILES string of the molecule is NCCCCC(Cc1cccc(O)c1)C(=O)O. The van der Waals surface area contributed by atoms with Gasteiger partial charge in [-0.25, -0.2) is 0 Å². The number of carboxylic acid groups (broad SMARTS) is 1. The number of carboxylic acids is 1. The number of hydrogen-bond donors (Lipinski definition) is 3. The van der Waals surface area contributed by atoms with Crippen molar-refractivity contribution >= 4 is 5.97 Å². The number of aliphatic carboxylic acids is 1. The molecule has 4 heteroatoms. The molecule has 0 aliphatic heterocycles. The Morgan fingerprint density at radius 3 is 2.71 bits per heavy atom. The maximum Gasteiger partial charge on any atom is 0.306 e. The number of phenols is 1. The van der Waals surface area contributed by atoms with E-state index in [1.165, 1.54) is 0 Å². The molecule has 94 valence electrons. The number of hydrogen-bond acceptors (Lipinski definition) is 3. The molecule has 1 aromatic rings. The normalized spacial score (nSPS) is 12.3. The van der Waals surface area contributed by atoms with Crippen LogP contribution < -0.4 is 5.73 Å². The molecule has 0 saturated carbocycles. The molecule has 1 atom stereocenters. The Labute approximate surface area is 101 Å². The number of nitrogens with two attached hydrogens (primary N) is 1. The van der Waals surface area contributed by atoms with Crippen molar-refractivity contribution in [1.29, 1.82) is 0 Å². The van der Waals surface area contributed by atoms with Crippen LogP contribution >= 0.6 is 0 Å². The number of unbranched alkanes of at least 4 members (excludes halogenated alkanes) is 1. The molecule has 1 rings (SSSR count). The lowest BCUT2D eigenvalue weighted by atomic mass is 9.94. The van der Waals surface area contributed by atoms with Crippen molar-refractivity contribution in [2.45, 2.75) is 25.7 Å². The smallest absolute Gasteiger partial charge is 0.306 e. The number of rotatable bonds is 7. The summed E-state index contributed by atoms with van der Waals surface area (Å²) in [6.45, 7) is 0.596. The highest BCUT2D eigenvalue weighted by atomic mass is 16.4. The van der Waals surface area contributed by atoms with Crippen molar-refractivity contribution < 1.29 is 15.0 Å². The van der Waals surface area contributed by atoms with Gasteiger partial charge in [0.25, 0.3) is 0 Å². The number of phenolic OH excluding ortho intramolecular Hbond substituents is 1. The van der Waals surface area contributed by atoms with Gasteiger partial charge in [-0.3, -0.25) is 4.79 Å². The summed E-state index contributed by atoms with van der Waals surface area (Å²) in [7, 11) is 0. The molecule has 1 unspecified atom stereocenters. The van der Waals surface area contributed by atoms with Gasteiger partial charge in [0.1, 0.15) is 5.75 Å². The van der Waals surface area contributed by atoms with E-state index >= 15 is 0 Å². The minimum Gasteiger partial charge on any atom is -0.508 e. The van der Waals surface area contributed by atoms with E-state index in [0.29, 0.717) is 19.4 Å². The van der Waals surface area contributed by atoms with Gasteiger partial charge in [0.05, 0.1) is 5.92 Å². The molecule has 0 spiro atoms. The highest BCUT2D eigenvalue weighted by Gasteiger charge is 2.17. The van der Waals surface area contributed by atoms with Crippen LogP contribution in [0, 0.1) is 5.92 Å². The predicted octanol–water partition coefficient (Wildman–Crippen LogP) is 1.76. The fourth-order valence-electron chi connectivity index (χ4n) is 1.82. The molecule has 0 bridgehead atoms. The van der Waals surface area contributed by atoms with Gasteiger partial charge in [0.2, 0.25) is 0 Å². The summed E-state index contributed by atoms with van der Waals surface area (Å²) in [5.74, 6) is -1.01. The highest BCUT2D eigenvalue weighted by molar-refractivity contribution is 5.70. The second-order valence-electron chi connectivity index (χ2n) is 4.19. The molecule has 0 fully saturated rings. The lowest BCUT2D eigenvalue weighted by molar-refractivity contribution is -0.142. The second kappa shape index (κ2) is 6.91. The molecule has 0 heterocycles. The zero-order valence-corrected chi connectivity index (χ0v) is 9.80. The van der Waals surface area contributed by atoms with Crippen molar-refractivity contribution in [3.05, 3.63) is 29.8 Å². The molecule has 0 amide bonds. The first-order chi connectivity index (χ1) is 8.13. The Hall–Kier alpha value is -1.55. The first-order valence-electron chi connectivity index (χ1n) is 5.84. The minimum absolute atomic E-state index is 0.175. The topological polar surface area (TPSA) is 83.5 Å². The monoisotopic (exact) mass is 237 g/mol. The molecule has 1 aromatic carbocycles. The zero-order chi connectivity index (χ0) is 12.7. The molecule has 0 aromatic heterocycles. The van der Waals surface area contributed by atoms with Crippen LogP contribution in [0.25, 0.3) is 0 Å². The van der Waals surface area contributed by atoms with Gasteiger partial charge in [-0.1, -0.05) is 18.6 Å². The molecule has 4 N–H and O–H groups in total. The van der Waals surface area contributed by atoms with Gasteiger partial charge in [-0.15, -0.1) is 0 Å². The molecular formula is C13H19NO3. The summed E-state index contributed by atoms with van der Waals surface area (Å²) in [6, 6.07) is 6.74. The molecule has 0 aliphatic rings. The summed E-state index contributed by atoms with van der Waals surface area (Å²) < 4.78 is 0. The van der Waals surface area contributed by atoms with E-state index in [1.807, 2.05) is 6.07 Å². The van der Waals surface area contributed by atoms with E-state index < -0.39 is 11.9 Å². The first-order valence-corrected chi connectivity index (χ1v) is 5.84. The van der Waals surface area contributed by atoms with Gasteiger partial charge >= 0.3 is 5.97 Å². The van der Waals surface area contributed by atoms with Crippen LogP contribution in [0.2, 0.25) is 0 Å². The fourth-order valence-corrected chi connectivity index (χ4v) is 1.82. The van der Waals surface area contributed by atoms with Gasteiger partial charge in [0.15, 0.2) is 0 Å². The first kappa shape index (κ1) is 13.5. The molecule has 0 saturated heterocycles. The van der Waals surface area contributed by atoms with Crippen LogP contribution in [0.15, 0.2) is 24.3 Å². The van der Waals surface area contributed by atoms with Crippen molar-refractivity contribution in [1.82, 2.24) is 0 Å². The van der Waals surface area contributed by atoms with Gasteiger partial charge in [-0.05, 0) is 43.5 Å². The Morgan fingerprint density at radius 2 is 2.12 bits per heavy atom. The number of carbonyl (C=O) groups is 1. The summed E-state index contributed by atoms with van der Waals surface area (Å²) in [4.78, 5) is 11.1. The van der Waals surface area contributed by atoms with Crippen molar-refractivity contribution in [2.24, 2.45) is 11.7 Å². The van der Waals surface area contributed by atoms with Gasteiger partial charge in [0, 0.05) is 0 Å². The third kappa shape index (κ3) is 4.87. The van der Waals surface area contributed by atoms with Gasteiger partial charge in [-0.2, -0.15) is 0 Å². The third-order valence-electron chi connectivity index (χ3n) is 2.75. The number of aromatic hydroxyl groups is 1. The van der Waals surface area contributed by atoms with E-state index in [0.717, 1.165) is 18.4 Å². The standard InChI is InChI=1S/C13H19NO3/c14-7-2-1-5-11(13(16)17)8-10-4-3-6-12(15)9-10/h3-4,6,9,11,15H,1-2,5,7-8,14H2,(H,16,17). The highest BCUT2D eigenvalue weighted by Crippen LogP contribution is 2.18. The van der Waals surface area contributed by atoms with Crippen molar-refractivity contribution in [2.75, 3.05) is 6.54 Å². The maximum absolute atomic E-state index is 11.1. The maximum atomic E-state index is 11.1. The predicted molar refractivity (Wildman–Crippen MR) is 65.8 cm³/mol.